The van der Waals surface area contributed by atoms with Gasteiger partial charge in [0, 0.05) is 28.2 Å². The highest BCUT2D eigenvalue weighted by atomic mass is 79.9. The minimum atomic E-state index is -0.226. The molecule has 0 fully saturated rings. The molecule has 1 amide bonds. The molecule has 2 aromatic carbocycles. The number of benzene rings is 2. The normalized spacial score (nSPS) is 10.4. The Balaban J connectivity index is 1.88. The van der Waals surface area contributed by atoms with Crippen LogP contribution in [-0.2, 0) is 0 Å². The predicted octanol–water partition coefficient (Wildman–Crippen LogP) is 4.56. The molecule has 7 heteroatoms. The van der Waals surface area contributed by atoms with Gasteiger partial charge in [-0.1, -0.05) is 6.07 Å². The first-order valence-electron chi connectivity index (χ1n) is 7.10. The zero-order valence-electron chi connectivity index (χ0n) is 12.7. The lowest BCUT2D eigenvalue weighted by molar-refractivity contribution is 0.102. The largest absolute Gasteiger partial charge is 0.497 e. The maximum Gasteiger partial charge on any atom is 0.256 e. The van der Waals surface area contributed by atoms with Gasteiger partial charge in [0.25, 0.3) is 5.91 Å². The highest BCUT2D eigenvalue weighted by molar-refractivity contribution is 9.10. The number of nitrogens with zero attached hydrogens (tertiary/aromatic N) is 1. The van der Waals surface area contributed by atoms with E-state index in [1.54, 1.807) is 31.5 Å². The Morgan fingerprint density at radius 1 is 1.29 bits per heavy atom. The monoisotopic (exact) mass is 403 g/mol. The van der Waals surface area contributed by atoms with Crippen molar-refractivity contribution in [1.82, 2.24) is 9.55 Å². The van der Waals surface area contributed by atoms with Gasteiger partial charge in [0.2, 0.25) is 0 Å². The summed E-state index contributed by atoms with van der Waals surface area (Å²) in [5, 5.41) is 2.89. The summed E-state index contributed by atoms with van der Waals surface area (Å²) in [6.07, 6.45) is 3.60. The van der Waals surface area contributed by atoms with E-state index < -0.39 is 0 Å². The standard InChI is InChI=1S/C17H14BrN3O2S/c1-23-13-5-6-15(18)14(10-13)16(22)20-11-3-2-4-12(9-11)21-8-7-19-17(21)24/h2-10H,1H3,(H,19,24)(H,20,22). The SMILES string of the molecule is COc1ccc(Br)c(C(=O)Nc2cccc(-n3cc[nH]c3=S)c2)c1. The van der Waals surface area contributed by atoms with Crippen LogP contribution in [0.3, 0.4) is 0 Å². The summed E-state index contributed by atoms with van der Waals surface area (Å²) in [6.45, 7) is 0. The molecule has 0 bridgehead atoms. The van der Waals surface area contributed by atoms with Gasteiger partial charge < -0.3 is 15.0 Å². The molecular weight excluding hydrogens is 390 g/mol. The van der Waals surface area contributed by atoms with Gasteiger partial charge in [-0.15, -0.1) is 0 Å². The molecule has 3 rings (SSSR count). The van der Waals surface area contributed by atoms with Gasteiger partial charge in [-0.2, -0.15) is 0 Å². The maximum atomic E-state index is 12.5. The number of halogens is 1. The number of carbonyl (C=O) groups is 1. The number of H-pyrrole nitrogens is 1. The third-order valence-electron chi connectivity index (χ3n) is 3.45. The zero-order valence-corrected chi connectivity index (χ0v) is 15.1. The molecule has 0 aliphatic rings. The van der Waals surface area contributed by atoms with Gasteiger partial charge in [-0.05, 0) is 64.5 Å². The summed E-state index contributed by atoms with van der Waals surface area (Å²) in [5.41, 5.74) is 2.04. The smallest absolute Gasteiger partial charge is 0.256 e. The predicted molar refractivity (Wildman–Crippen MR) is 99.6 cm³/mol. The molecule has 0 spiro atoms. The average Bonchev–Trinajstić information content (AvgIpc) is 3.01. The number of carbonyl (C=O) groups excluding carboxylic acids is 1. The molecule has 0 radical (unpaired) electrons. The zero-order chi connectivity index (χ0) is 17.1. The Morgan fingerprint density at radius 2 is 2.12 bits per heavy atom. The Morgan fingerprint density at radius 3 is 2.83 bits per heavy atom. The number of ether oxygens (including phenoxy) is 1. The Bertz CT molecular complexity index is 949. The fraction of sp³-hybridized carbons (Fsp3) is 0.0588. The van der Waals surface area contributed by atoms with Gasteiger partial charge in [-0.3, -0.25) is 9.36 Å². The highest BCUT2D eigenvalue weighted by Crippen LogP contribution is 2.24. The number of hydrogen-bond donors (Lipinski definition) is 2. The van der Waals surface area contributed by atoms with Crippen molar-refractivity contribution in [3.05, 3.63) is 69.7 Å². The molecule has 1 heterocycles. The number of amides is 1. The highest BCUT2D eigenvalue weighted by Gasteiger charge is 2.12. The van der Waals surface area contributed by atoms with Crippen LogP contribution in [0, 0.1) is 4.77 Å². The fourth-order valence-corrected chi connectivity index (χ4v) is 2.92. The lowest BCUT2D eigenvalue weighted by Gasteiger charge is -2.10. The number of aromatic nitrogens is 2. The quantitative estimate of drug-likeness (QED) is 0.627. The summed E-state index contributed by atoms with van der Waals surface area (Å²) in [6, 6.07) is 12.7. The minimum Gasteiger partial charge on any atom is -0.497 e. The van der Waals surface area contributed by atoms with E-state index in [9.17, 15) is 4.79 Å². The molecule has 0 unspecified atom stereocenters. The van der Waals surface area contributed by atoms with Crippen LogP contribution >= 0.6 is 28.1 Å². The first-order valence-corrected chi connectivity index (χ1v) is 8.30. The number of methoxy groups -OCH3 is 1. The summed E-state index contributed by atoms with van der Waals surface area (Å²) >= 11 is 8.61. The molecular formula is C17H14BrN3O2S. The lowest BCUT2D eigenvalue weighted by atomic mass is 10.2. The van der Waals surface area contributed by atoms with E-state index in [1.165, 1.54) is 0 Å². The topological polar surface area (TPSA) is 59.0 Å². The molecule has 2 N–H and O–H groups in total. The van der Waals surface area contributed by atoms with Crippen LogP contribution in [0.4, 0.5) is 5.69 Å². The number of nitrogens with one attached hydrogen (secondary N) is 2. The summed E-state index contributed by atoms with van der Waals surface area (Å²) in [4.78, 5) is 15.5. The number of aromatic amines is 1. The van der Waals surface area contributed by atoms with Gasteiger partial charge in [0.05, 0.1) is 12.7 Å². The first-order chi connectivity index (χ1) is 11.6. The summed E-state index contributed by atoms with van der Waals surface area (Å²) in [7, 11) is 1.56. The van der Waals surface area contributed by atoms with Crippen molar-refractivity contribution in [1.29, 1.82) is 0 Å². The number of imidazole rings is 1. The van der Waals surface area contributed by atoms with Crippen molar-refractivity contribution >= 4 is 39.7 Å². The molecule has 5 nitrogen and oxygen atoms in total. The van der Waals surface area contributed by atoms with E-state index >= 15 is 0 Å². The van der Waals surface area contributed by atoms with E-state index in [2.05, 4.69) is 26.2 Å². The van der Waals surface area contributed by atoms with Crippen molar-refractivity contribution in [2.45, 2.75) is 0 Å². The van der Waals surface area contributed by atoms with Crippen LogP contribution in [0.15, 0.2) is 59.3 Å². The van der Waals surface area contributed by atoms with Crippen LogP contribution in [0.2, 0.25) is 0 Å². The van der Waals surface area contributed by atoms with Gasteiger partial charge in [0.1, 0.15) is 5.75 Å². The second kappa shape index (κ2) is 7.02. The Kier molecular flexibility index (Phi) is 4.82. The average molecular weight is 404 g/mol. The maximum absolute atomic E-state index is 12.5. The second-order valence-electron chi connectivity index (χ2n) is 4.99. The second-order valence-corrected chi connectivity index (χ2v) is 6.23. The van der Waals surface area contributed by atoms with Crippen molar-refractivity contribution < 1.29 is 9.53 Å². The summed E-state index contributed by atoms with van der Waals surface area (Å²) < 4.78 is 8.29. The van der Waals surface area contributed by atoms with E-state index in [1.807, 2.05) is 35.0 Å². The van der Waals surface area contributed by atoms with Gasteiger partial charge >= 0.3 is 0 Å². The van der Waals surface area contributed by atoms with E-state index in [0.717, 1.165) is 5.69 Å². The van der Waals surface area contributed by atoms with Crippen molar-refractivity contribution in [3.63, 3.8) is 0 Å². The first kappa shape index (κ1) is 16.5. The minimum absolute atomic E-state index is 0.226. The van der Waals surface area contributed by atoms with E-state index in [0.29, 0.717) is 26.2 Å². The molecule has 3 aromatic rings. The van der Waals surface area contributed by atoms with Crippen LogP contribution in [0.25, 0.3) is 5.69 Å². The van der Waals surface area contributed by atoms with Gasteiger partial charge in [-0.25, -0.2) is 0 Å². The van der Waals surface area contributed by atoms with Crippen LogP contribution < -0.4 is 10.1 Å². The molecule has 0 aliphatic carbocycles. The van der Waals surface area contributed by atoms with Crippen LogP contribution in [-0.4, -0.2) is 22.6 Å². The van der Waals surface area contributed by atoms with Crippen molar-refractivity contribution in [3.8, 4) is 11.4 Å². The lowest BCUT2D eigenvalue weighted by Crippen LogP contribution is -2.13. The third-order valence-corrected chi connectivity index (χ3v) is 4.46. The molecule has 0 atom stereocenters. The number of anilines is 1. The molecule has 24 heavy (non-hydrogen) atoms. The van der Waals surface area contributed by atoms with Crippen molar-refractivity contribution in [2.24, 2.45) is 0 Å². The van der Waals surface area contributed by atoms with E-state index in [-0.39, 0.29) is 5.91 Å². The molecule has 1 aromatic heterocycles. The molecule has 0 saturated carbocycles. The molecule has 0 aliphatic heterocycles. The third kappa shape index (κ3) is 3.42. The Hall–Kier alpha value is -2.38. The van der Waals surface area contributed by atoms with Crippen LogP contribution in [0.1, 0.15) is 10.4 Å². The Labute approximate surface area is 152 Å². The number of hydrogen-bond acceptors (Lipinski definition) is 3. The fourth-order valence-electron chi connectivity index (χ4n) is 2.26. The van der Waals surface area contributed by atoms with Crippen molar-refractivity contribution in [2.75, 3.05) is 12.4 Å². The van der Waals surface area contributed by atoms with Crippen LogP contribution in [0.5, 0.6) is 5.75 Å². The van der Waals surface area contributed by atoms with Gasteiger partial charge in [0.15, 0.2) is 4.77 Å². The molecule has 0 saturated heterocycles. The van der Waals surface area contributed by atoms with E-state index in [4.69, 9.17) is 17.0 Å². The molecule has 122 valence electrons. The summed E-state index contributed by atoms with van der Waals surface area (Å²) in [5.74, 6) is 0.395. The number of rotatable bonds is 4.